The van der Waals surface area contributed by atoms with Gasteiger partial charge in [-0.2, -0.15) is 0 Å². The summed E-state index contributed by atoms with van der Waals surface area (Å²) in [6.07, 6.45) is 3.51. The molecule has 0 spiro atoms. The van der Waals surface area contributed by atoms with Crippen LogP contribution in [0.2, 0.25) is 0 Å². The van der Waals surface area contributed by atoms with Gasteiger partial charge in [0.1, 0.15) is 60.5 Å². The monoisotopic (exact) mass is 1330 g/mol. The molecule has 5 N–H and O–H groups in total. The normalized spacial score (nSPS) is 27.8. The molecule has 536 valence electrons. The fourth-order valence-corrected chi connectivity index (χ4v) is 12.2. The fraction of sp³-hybridized carbons (Fsp3) is 0.806. The number of nitrogens with zero attached hydrogens (tertiary/aromatic N) is 8. The second kappa shape index (κ2) is 38.5. The number of amides is 11. The van der Waals surface area contributed by atoms with E-state index in [2.05, 4.69) is 26.2 Å². The highest BCUT2D eigenvalue weighted by molar-refractivity contribution is 6.00. The number of fused-ring (bicyclic) bond motifs is 1. The Balaban J connectivity index is 2.27. The molecule has 3 fully saturated rings. The standard InChI is InChI=1S/C67H118N12O15/c1-22-48-63(87)72(16)46(14)62(86)77(21)55(47(15)93-32-26-24-28-78-29-33-92-34-30-78)60(84)71-53(42(8)9)66(90)74(18)49(35-39(2)3)59(83)69-45(13)58(82)68-38-52(81)73(17)50(36-40(4)5)64(88)75(19)51(37-41(6)7)65(89)76(20)54(43(10)11)67(91)79-56(61(85)70-48)57(94-79)44(12)27-23-25-31-80/h23,25,39-51,53-57,80H,22,24,26-38H2,1-21H3,(H,68,82)(H,69,83)(H,70,85)(H,71,84)/b25-23+/t44-,45?,46-,47-,48+,49+,50+,51+,53?,54+,55?,56+,57-/m1/s1. The van der Waals surface area contributed by atoms with Gasteiger partial charge in [0.15, 0.2) is 6.04 Å². The number of allylic oxidation sites excluding steroid dienone is 1. The molecule has 13 atom stereocenters. The lowest BCUT2D eigenvalue weighted by Gasteiger charge is -2.50. The van der Waals surface area contributed by atoms with Gasteiger partial charge in [0.2, 0.25) is 59.1 Å². The molecule has 0 aromatic heterocycles. The average molecular weight is 1330 g/mol. The van der Waals surface area contributed by atoms with E-state index in [1.165, 1.54) is 86.7 Å². The van der Waals surface area contributed by atoms with Crippen LogP contribution in [0.1, 0.15) is 149 Å². The van der Waals surface area contributed by atoms with Crippen LogP contribution < -0.4 is 21.3 Å². The fourth-order valence-electron chi connectivity index (χ4n) is 12.2. The quantitative estimate of drug-likeness (QED) is 0.0861. The van der Waals surface area contributed by atoms with Gasteiger partial charge in [-0.1, -0.05) is 95.2 Å². The zero-order valence-electron chi connectivity index (χ0n) is 60.4. The maximum Gasteiger partial charge on any atom is 0.270 e. The summed E-state index contributed by atoms with van der Waals surface area (Å²) in [7, 11) is 8.56. The van der Waals surface area contributed by atoms with Crippen molar-refractivity contribution in [2.75, 3.05) is 94.9 Å². The second-order valence-electron chi connectivity index (χ2n) is 27.9. The van der Waals surface area contributed by atoms with Gasteiger partial charge in [-0.05, 0) is 108 Å². The van der Waals surface area contributed by atoms with Gasteiger partial charge in [0.25, 0.3) is 5.91 Å². The number of aliphatic hydroxyl groups is 1. The van der Waals surface area contributed by atoms with Crippen LogP contribution in [0.4, 0.5) is 0 Å². The van der Waals surface area contributed by atoms with Crippen LogP contribution in [0.15, 0.2) is 12.2 Å². The van der Waals surface area contributed by atoms with Gasteiger partial charge in [-0.15, -0.1) is 0 Å². The summed E-state index contributed by atoms with van der Waals surface area (Å²) in [6.45, 7) is 29.2. The first-order valence-corrected chi connectivity index (χ1v) is 33.9. The molecule has 27 heteroatoms. The van der Waals surface area contributed by atoms with Crippen LogP contribution in [-0.2, 0) is 67.1 Å². The molecular weight excluding hydrogens is 1210 g/mol. The van der Waals surface area contributed by atoms with Gasteiger partial charge in [0, 0.05) is 62.0 Å². The van der Waals surface area contributed by atoms with Gasteiger partial charge >= 0.3 is 0 Å². The predicted molar refractivity (Wildman–Crippen MR) is 355 cm³/mol. The van der Waals surface area contributed by atoms with E-state index in [0.29, 0.717) is 26.1 Å². The first kappa shape index (κ1) is 81.9. The molecule has 3 aliphatic rings. The number of rotatable bonds is 20. The molecule has 3 aliphatic heterocycles. The lowest BCUT2D eigenvalue weighted by molar-refractivity contribution is -0.321. The Hall–Kier alpha value is -6.29. The highest BCUT2D eigenvalue weighted by Gasteiger charge is 2.54. The SMILES string of the molecule is CC[C@@H]1NC(=O)[C@@H]2[C@@H]([C@H](C)C/C=C/CO)ON2C(=O)[C@H](C(C)C)N(C)C(=O)[C@H](CC(C)C)N(C)C(=O)[C@H](CC(C)C)N(C)C(=O)CNC(=O)C(C)NC(=O)[C@H](CC(C)C)N(C)C(=O)C(C(C)C)NC(=O)C([C@@H](C)OCCCCN2CCOCC2)N(C)C(=O)[C@@H](C)N(C)C1=O. The molecule has 11 amide bonds. The van der Waals surface area contributed by atoms with E-state index in [9.17, 15) is 43.5 Å². The summed E-state index contributed by atoms with van der Waals surface area (Å²) >= 11 is 0. The van der Waals surface area contributed by atoms with Crippen LogP contribution in [0, 0.1) is 35.5 Å². The Morgan fingerprint density at radius 3 is 1.65 bits per heavy atom. The minimum atomic E-state index is -1.39. The summed E-state index contributed by atoms with van der Waals surface area (Å²) in [5.74, 6) is -9.63. The van der Waals surface area contributed by atoms with Crippen molar-refractivity contribution in [3.63, 3.8) is 0 Å². The first-order valence-electron chi connectivity index (χ1n) is 33.9. The van der Waals surface area contributed by atoms with E-state index in [-0.39, 0.29) is 56.7 Å². The van der Waals surface area contributed by atoms with E-state index in [1.807, 2.05) is 41.5 Å². The molecule has 0 saturated carbocycles. The zero-order valence-corrected chi connectivity index (χ0v) is 60.4. The lowest BCUT2D eigenvalue weighted by atomic mass is 9.90. The van der Waals surface area contributed by atoms with E-state index in [0.717, 1.165) is 36.0 Å². The number of hydroxylamine groups is 2. The topological polar surface area (TPSA) is 310 Å². The van der Waals surface area contributed by atoms with Gasteiger partial charge in [-0.3, -0.25) is 62.5 Å². The number of nitrogens with one attached hydrogen (secondary N) is 4. The van der Waals surface area contributed by atoms with Crippen molar-refractivity contribution in [1.29, 1.82) is 0 Å². The summed E-state index contributed by atoms with van der Waals surface area (Å²) in [5.41, 5.74) is 0. The number of likely N-dealkylation sites (N-methyl/N-ethyl adjacent to an activating group) is 6. The van der Waals surface area contributed by atoms with Crippen molar-refractivity contribution < 1.29 is 72.2 Å². The largest absolute Gasteiger partial charge is 0.392 e. The van der Waals surface area contributed by atoms with Gasteiger partial charge in [-0.25, -0.2) is 5.06 Å². The second-order valence-corrected chi connectivity index (χ2v) is 27.9. The molecule has 94 heavy (non-hydrogen) atoms. The summed E-state index contributed by atoms with van der Waals surface area (Å²) in [5, 5.41) is 21.5. The molecule has 3 saturated heterocycles. The number of carbonyl (C=O) groups excluding carboxylic acids is 11. The Morgan fingerprint density at radius 1 is 0.564 bits per heavy atom. The molecule has 3 unspecified atom stereocenters. The molecule has 3 rings (SSSR count). The minimum Gasteiger partial charge on any atom is -0.392 e. The molecule has 3 heterocycles. The van der Waals surface area contributed by atoms with Gasteiger partial charge in [0.05, 0.1) is 32.5 Å². The highest BCUT2D eigenvalue weighted by atomic mass is 16.7. The maximum absolute atomic E-state index is 15.1. The Labute approximate surface area is 559 Å². The number of unbranched alkanes of at least 4 members (excludes halogenated alkanes) is 1. The number of carbonyl (C=O) groups is 11. The van der Waals surface area contributed by atoms with Crippen molar-refractivity contribution in [1.82, 2.24) is 60.6 Å². The maximum atomic E-state index is 15.1. The third kappa shape index (κ3) is 22.4. The molecule has 27 nitrogen and oxygen atoms in total. The zero-order chi connectivity index (χ0) is 71.3. The molecular formula is C67H118N12O15. The van der Waals surface area contributed by atoms with Crippen LogP contribution in [-0.4, -0.2) is 277 Å². The molecule has 0 bridgehead atoms. The number of morpholine rings is 1. The summed E-state index contributed by atoms with van der Waals surface area (Å²) in [4.78, 5) is 178. The van der Waals surface area contributed by atoms with E-state index >= 15 is 14.4 Å². The van der Waals surface area contributed by atoms with E-state index in [1.54, 1.807) is 54.5 Å². The highest BCUT2D eigenvalue weighted by Crippen LogP contribution is 2.34. The summed E-state index contributed by atoms with van der Waals surface area (Å²) in [6, 6.07) is -12.5. The van der Waals surface area contributed by atoms with Gasteiger partial charge < -0.3 is 65.2 Å². The molecule has 0 aromatic carbocycles. The molecule has 0 aromatic rings. The van der Waals surface area contributed by atoms with Crippen molar-refractivity contribution in [3.8, 4) is 0 Å². The molecule has 0 radical (unpaired) electrons. The number of hydrogen-bond donors (Lipinski definition) is 5. The minimum absolute atomic E-state index is 0.0260. The van der Waals surface area contributed by atoms with Crippen molar-refractivity contribution in [3.05, 3.63) is 12.2 Å². The van der Waals surface area contributed by atoms with Crippen molar-refractivity contribution in [2.24, 2.45) is 35.5 Å². The Morgan fingerprint density at radius 2 is 1.11 bits per heavy atom. The average Bonchev–Trinajstić information content (AvgIpc) is 0.756. The molecule has 0 aliphatic carbocycles. The lowest BCUT2D eigenvalue weighted by Crippen LogP contribution is -2.72. The van der Waals surface area contributed by atoms with Crippen LogP contribution in [0.3, 0.4) is 0 Å². The third-order valence-corrected chi connectivity index (χ3v) is 18.3. The summed E-state index contributed by atoms with van der Waals surface area (Å²) < 4.78 is 11.8. The third-order valence-electron chi connectivity index (χ3n) is 18.3. The smallest absolute Gasteiger partial charge is 0.270 e. The van der Waals surface area contributed by atoms with Crippen molar-refractivity contribution in [2.45, 2.75) is 221 Å². The Bertz CT molecular complexity index is 2580. The Kier molecular flexibility index (Phi) is 33.5. The van der Waals surface area contributed by atoms with Crippen LogP contribution in [0.5, 0.6) is 0 Å². The number of ether oxygens (including phenoxy) is 2. The van der Waals surface area contributed by atoms with Crippen LogP contribution >= 0.6 is 0 Å². The van der Waals surface area contributed by atoms with E-state index in [4.69, 9.17) is 14.3 Å². The van der Waals surface area contributed by atoms with Crippen LogP contribution in [0.25, 0.3) is 0 Å². The predicted octanol–water partition coefficient (Wildman–Crippen LogP) is 2.04. The number of hydrogen-bond acceptors (Lipinski definition) is 16. The first-order chi connectivity index (χ1) is 44.0. The number of aliphatic hydroxyl groups excluding tert-OH is 1. The van der Waals surface area contributed by atoms with E-state index < -0.39 is 162 Å². The van der Waals surface area contributed by atoms with Crippen molar-refractivity contribution >= 4 is 65.0 Å².